The number of aryl methyl sites for hydroxylation is 1. The van der Waals surface area contributed by atoms with Gasteiger partial charge in [0, 0.05) is 24.3 Å². The van der Waals surface area contributed by atoms with Gasteiger partial charge in [-0.05, 0) is 38.1 Å². The minimum absolute atomic E-state index is 0.0225. The molecule has 0 aromatic carbocycles. The van der Waals surface area contributed by atoms with Crippen molar-refractivity contribution < 1.29 is 4.79 Å². The first kappa shape index (κ1) is 11.4. The molecule has 2 heterocycles. The Bertz CT molecular complexity index is 571. The predicted molar refractivity (Wildman–Crippen MR) is 71.5 cm³/mol. The van der Waals surface area contributed by atoms with Gasteiger partial charge in [-0.25, -0.2) is 0 Å². The van der Waals surface area contributed by atoms with Gasteiger partial charge in [0.25, 0.3) is 5.91 Å². The van der Waals surface area contributed by atoms with Crippen molar-refractivity contribution >= 4 is 29.3 Å². The van der Waals surface area contributed by atoms with Crippen LogP contribution in [-0.4, -0.2) is 31.7 Å². The fraction of sp³-hybridized carbons (Fsp3) is 0.417. The highest BCUT2D eigenvalue weighted by molar-refractivity contribution is 7.80. The average molecular weight is 262 g/mol. The Morgan fingerprint density at radius 3 is 2.83 bits per heavy atom. The minimum atomic E-state index is -0.0225. The maximum absolute atomic E-state index is 12.2. The molecule has 18 heavy (non-hydrogen) atoms. The van der Waals surface area contributed by atoms with Crippen LogP contribution in [0.25, 0.3) is 6.08 Å². The van der Waals surface area contributed by atoms with Crippen molar-refractivity contribution in [2.75, 3.05) is 0 Å². The van der Waals surface area contributed by atoms with Crippen LogP contribution in [0.2, 0.25) is 0 Å². The van der Waals surface area contributed by atoms with Crippen LogP contribution >= 0.6 is 12.2 Å². The molecule has 1 saturated carbocycles. The first-order chi connectivity index (χ1) is 8.58. The number of nitrogens with zero attached hydrogens (tertiary/aromatic N) is 3. The Hall–Kier alpha value is -1.69. The van der Waals surface area contributed by atoms with Gasteiger partial charge in [-0.2, -0.15) is 5.10 Å². The van der Waals surface area contributed by atoms with Gasteiger partial charge in [-0.3, -0.25) is 14.4 Å². The topological polar surface area (TPSA) is 50.2 Å². The highest BCUT2D eigenvalue weighted by Crippen LogP contribution is 2.31. The predicted octanol–water partition coefficient (Wildman–Crippen LogP) is 0.949. The summed E-state index contributed by atoms with van der Waals surface area (Å²) in [5.41, 5.74) is 2.50. The first-order valence-electron chi connectivity index (χ1n) is 5.93. The van der Waals surface area contributed by atoms with Crippen LogP contribution in [0, 0.1) is 6.92 Å². The molecular formula is C12H14N4OS. The summed E-state index contributed by atoms with van der Waals surface area (Å²) < 4.78 is 1.78. The molecule has 0 spiro atoms. The summed E-state index contributed by atoms with van der Waals surface area (Å²) in [5.74, 6) is -0.0225. The number of carbonyl (C=O) groups is 1. The van der Waals surface area contributed by atoms with Gasteiger partial charge in [0.05, 0.1) is 6.20 Å². The van der Waals surface area contributed by atoms with E-state index in [0.717, 1.165) is 24.1 Å². The third-order valence-electron chi connectivity index (χ3n) is 3.39. The Labute approximate surface area is 110 Å². The van der Waals surface area contributed by atoms with Crippen LogP contribution < -0.4 is 5.32 Å². The van der Waals surface area contributed by atoms with Crippen molar-refractivity contribution in [1.29, 1.82) is 0 Å². The molecule has 0 atom stereocenters. The van der Waals surface area contributed by atoms with E-state index >= 15 is 0 Å². The zero-order chi connectivity index (χ0) is 12.9. The summed E-state index contributed by atoms with van der Waals surface area (Å²) in [6.07, 6.45) is 5.67. The molecule has 94 valence electrons. The van der Waals surface area contributed by atoms with E-state index in [1.807, 2.05) is 20.0 Å². The highest BCUT2D eigenvalue weighted by Gasteiger charge is 2.41. The van der Waals surface area contributed by atoms with Crippen molar-refractivity contribution in [2.45, 2.75) is 25.8 Å². The first-order valence-corrected chi connectivity index (χ1v) is 6.33. The zero-order valence-electron chi connectivity index (χ0n) is 10.3. The molecule has 3 rings (SSSR count). The smallest absolute Gasteiger partial charge is 0.276 e. The molecule has 1 N–H and O–H groups in total. The fourth-order valence-electron chi connectivity index (χ4n) is 2.03. The molecule has 1 saturated heterocycles. The molecule has 1 aliphatic heterocycles. The maximum atomic E-state index is 12.2. The lowest BCUT2D eigenvalue weighted by Crippen LogP contribution is -2.32. The van der Waals surface area contributed by atoms with Gasteiger partial charge in [-0.15, -0.1) is 0 Å². The van der Waals surface area contributed by atoms with Crippen LogP contribution in [0.4, 0.5) is 0 Å². The lowest BCUT2D eigenvalue weighted by molar-refractivity contribution is -0.122. The number of thiocarbonyl (C=S) groups is 1. The second-order valence-corrected chi connectivity index (χ2v) is 5.09. The van der Waals surface area contributed by atoms with E-state index in [4.69, 9.17) is 12.2 Å². The summed E-state index contributed by atoms with van der Waals surface area (Å²) in [7, 11) is 1.88. The lowest BCUT2D eigenvalue weighted by Gasteiger charge is -2.11. The number of carbonyl (C=O) groups excluding carboxylic acids is 1. The van der Waals surface area contributed by atoms with E-state index in [1.165, 1.54) is 0 Å². The van der Waals surface area contributed by atoms with E-state index in [2.05, 4.69) is 10.4 Å². The van der Waals surface area contributed by atoms with Crippen LogP contribution in [0.3, 0.4) is 0 Å². The number of aromatic nitrogens is 2. The Morgan fingerprint density at radius 1 is 1.56 bits per heavy atom. The summed E-state index contributed by atoms with van der Waals surface area (Å²) in [6, 6.07) is 0.304. The van der Waals surface area contributed by atoms with Gasteiger partial charge in [0.15, 0.2) is 5.11 Å². The van der Waals surface area contributed by atoms with Gasteiger partial charge < -0.3 is 5.32 Å². The van der Waals surface area contributed by atoms with E-state index in [1.54, 1.807) is 15.8 Å². The second-order valence-electron chi connectivity index (χ2n) is 4.70. The summed E-state index contributed by atoms with van der Waals surface area (Å²) in [5, 5.41) is 7.67. The molecule has 1 aromatic heterocycles. The number of hydrogen-bond acceptors (Lipinski definition) is 3. The SMILES string of the molecule is Cc1c(/C=C2/NC(=S)N(C3CC3)C2=O)cnn1C. The molecule has 2 fully saturated rings. The van der Waals surface area contributed by atoms with E-state index < -0.39 is 0 Å². The van der Waals surface area contributed by atoms with Crippen LogP contribution in [0.15, 0.2) is 11.9 Å². The summed E-state index contributed by atoms with van der Waals surface area (Å²) >= 11 is 5.20. The van der Waals surface area contributed by atoms with Crippen molar-refractivity contribution in [3.63, 3.8) is 0 Å². The monoisotopic (exact) mass is 262 g/mol. The fourth-order valence-corrected chi connectivity index (χ4v) is 2.37. The molecule has 1 amide bonds. The number of rotatable bonds is 2. The average Bonchev–Trinajstić information content (AvgIpc) is 3.06. The Kier molecular flexibility index (Phi) is 2.48. The van der Waals surface area contributed by atoms with Gasteiger partial charge >= 0.3 is 0 Å². The Morgan fingerprint density at radius 2 is 2.28 bits per heavy atom. The van der Waals surface area contributed by atoms with Crippen molar-refractivity contribution in [2.24, 2.45) is 7.05 Å². The van der Waals surface area contributed by atoms with Crippen LogP contribution in [0.5, 0.6) is 0 Å². The molecule has 2 aliphatic rings. The molecule has 1 aromatic rings. The quantitative estimate of drug-likeness (QED) is 0.637. The highest BCUT2D eigenvalue weighted by atomic mass is 32.1. The zero-order valence-corrected chi connectivity index (χ0v) is 11.1. The largest absolute Gasteiger partial charge is 0.328 e. The number of hydrogen-bond donors (Lipinski definition) is 1. The third kappa shape index (κ3) is 1.73. The summed E-state index contributed by atoms with van der Waals surface area (Å²) in [6.45, 7) is 1.97. The molecule has 1 aliphatic carbocycles. The molecule has 0 radical (unpaired) electrons. The number of nitrogens with one attached hydrogen (secondary N) is 1. The molecule has 5 nitrogen and oxygen atoms in total. The van der Waals surface area contributed by atoms with E-state index in [0.29, 0.717) is 16.9 Å². The Balaban J connectivity index is 1.91. The van der Waals surface area contributed by atoms with Crippen molar-refractivity contribution in [3.8, 4) is 0 Å². The maximum Gasteiger partial charge on any atom is 0.276 e. The molecule has 6 heteroatoms. The summed E-state index contributed by atoms with van der Waals surface area (Å²) in [4.78, 5) is 13.9. The van der Waals surface area contributed by atoms with Crippen molar-refractivity contribution in [1.82, 2.24) is 20.0 Å². The number of amides is 1. The second kappa shape index (κ2) is 3.91. The third-order valence-corrected chi connectivity index (χ3v) is 3.69. The van der Waals surface area contributed by atoms with Crippen LogP contribution in [0.1, 0.15) is 24.1 Å². The lowest BCUT2D eigenvalue weighted by atomic mass is 10.2. The van der Waals surface area contributed by atoms with Crippen molar-refractivity contribution in [3.05, 3.63) is 23.2 Å². The standard InChI is InChI=1S/C12H14N4OS/c1-7-8(6-13-15(7)2)5-10-11(17)16(9-3-4-9)12(18)14-10/h5-6,9H,3-4H2,1-2H3,(H,14,18)/b10-5+. The van der Waals surface area contributed by atoms with E-state index in [9.17, 15) is 4.79 Å². The van der Waals surface area contributed by atoms with Gasteiger partial charge in [-0.1, -0.05) is 0 Å². The van der Waals surface area contributed by atoms with E-state index in [-0.39, 0.29) is 5.91 Å². The molecule has 0 bridgehead atoms. The van der Waals surface area contributed by atoms with Crippen LogP contribution in [-0.2, 0) is 11.8 Å². The van der Waals surface area contributed by atoms with Gasteiger partial charge in [0.1, 0.15) is 5.70 Å². The normalized spacial score (nSPS) is 21.9. The van der Waals surface area contributed by atoms with Gasteiger partial charge in [0.2, 0.25) is 0 Å². The molecule has 0 unspecified atom stereocenters. The minimum Gasteiger partial charge on any atom is -0.328 e. The molecular weight excluding hydrogens is 248 g/mol.